The highest BCUT2D eigenvalue weighted by Gasteiger charge is 2.22. The molecule has 20 heavy (non-hydrogen) atoms. The molecule has 0 aliphatic rings. The quantitative estimate of drug-likeness (QED) is 0.700. The number of carbonyl (C=O) groups excluding carboxylic acids is 1. The summed E-state index contributed by atoms with van der Waals surface area (Å²) in [5.41, 5.74) is 0. The Morgan fingerprint density at radius 1 is 1.55 bits per heavy atom. The second-order valence-electron chi connectivity index (χ2n) is 3.82. The first kappa shape index (κ1) is 17.1. The summed E-state index contributed by atoms with van der Waals surface area (Å²) < 4.78 is 37.3. The number of rotatable bonds is 7. The van der Waals surface area contributed by atoms with Gasteiger partial charge in [0.2, 0.25) is 10.0 Å². The Morgan fingerprint density at radius 2 is 2.20 bits per heavy atom. The third-order valence-electron chi connectivity index (χ3n) is 2.36. The second kappa shape index (κ2) is 7.18. The molecular formula is C10H15BrN2O6S. The van der Waals surface area contributed by atoms with Crippen molar-refractivity contribution in [2.45, 2.75) is 11.0 Å². The van der Waals surface area contributed by atoms with E-state index in [2.05, 4.69) is 21.2 Å². The van der Waals surface area contributed by atoms with Crippen LogP contribution in [0.1, 0.15) is 10.6 Å². The van der Waals surface area contributed by atoms with Crippen LogP contribution in [0.2, 0.25) is 0 Å². The van der Waals surface area contributed by atoms with E-state index in [0.29, 0.717) is 6.61 Å². The van der Waals surface area contributed by atoms with Crippen molar-refractivity contribution in [1.82, 2.24) is 5.32 Å². The predicted octanol–water partition coefficient (Wildman–Crippen LogP) is 0.0807. The Hall–Kier alpha value is -0.940. The third-order valence-corrected chi connectivity index (χ3v) is 4.13. The third kappa shape index (κ3) is 4.56. The van der Waals surface area contributed by atoms with Crippen molar-refractivity contribution < 1.29 is 27.1 Å². The molecule has 0 aliphatic heterocycles. The van der Waals surface area contributed by atoms with E-state index in [1.165, 1.54) is 14.2 Å². The maximum Gasteiger partial charge on any atom is 0.287 e. The number of hydrogen-bond donors (Lipinski definition) is 2. The predicted molar refractivity (Wildman–Crippen MR) is 72.8 cm³/mol. The topological polar surface area (TPSA) is 121 Å². The lowest BCUT2D eigenvalue weighted by molar-refractivity contribution is 0.0283. The average Bonchev–Trinajstić information content (AvgIpc) is 2.76. The summed E-state index contributed by atoms with van der Waals surface area (Å²) in [5, 5.41) is 7.50. The van der Waals surface area contributed by atoms with Gasteiger partial charge in [-0.3, -0.25) is 4.79 Å². The van der Waals surface area contributed by atoms with Gasteiger partial charge in [-0.25, -0.2) is 13.6 Å². The highest BCUT2D eigenvalue weighted by atomic mass is 79.9. The molecule has 0 aromatic carbocycles. The van der Waals surface area contributed by atoms with Gasteiger partial charge in [-0.05, 0) is 15.9 Å². The fraction of sp³-hybridized carbons (Fsp3) is 0.500. The summed E-state index contributed by atoms with van der Waals surface area (Å²) >= 11 is 2.89. The molecule has 8 nitrogen and oxygen atoms in total. The number of amides is 1. The standard InChI is InChI=1S/C10H15BrN2O6S/c1-17-5-6(18-2)4-13-10(14)7-3-8(9(11)19-7)20(12,15)16/h3,6H,4-5H2,1-2H3,(H,13,14)(H2,12,15,16). The summed E-state index contributed by atoms with van der Waals surface area (Å²) in [6.07, 6.45) is -0.319. The molecule has 1 rings (SSSR count). The highest BCUT2D eigenvalue weighted by Crippen LogP contribution is 2.24. The van der Waals surface area contributed by atoms with E-state index in [1.807, 2.05) is 0 Å². The number of nitrogens with one attached hydrogen (secondary N) is 1. The summed E-state index contributed by atoms with van der Waals surface area (Å²) in [7, 11) is -0.962. The van der Waals surface area contributed by atoms with E-state index in [9.17, 15) is 13.2 Å². The maximum atomic E-state index is 11.8. The number of sulfonamides is 1. The van der Waals surface area contributed by atoms with Crippen LogP contribution in [0, 0.1) is 0 Å². The van der Waals surface area contributed by atoms with Crippen LogP contribution in [0.4, 0.5) is 0 Å². The van der Waals surface area contributed by atoms with Gasteiger partial charge in [0.15, 0.2) is 10.4 Å². The van der Waals surface area contributed by atoms with E-state index in [-0.39, 0.29) is 28.0 Å². The molecule has 1 unspecified atom stereocenters. The zero-order chi connectivity index (χ0) is 15.3. The normalized spacial score (nSPS) is 13.2. The molecule has 1 heterocycles. The smallest absolute Gasteiger partial charge is 0.287 e. The first-order valence-corrected chi connectivity index (χ1v) is 7.75. The van der Waals surface area contributed by atoms with Crippen molar-refractivity contribution in [2.24, 2.45) is 5.14 Å². The second-order valence-corrected chi connectivity index (χ2v) is 6.07. The molecule has 1 aromatic heterocycles. The van der Waals surface area contributed by atoms with Crippen molar-refractivity contribution in [3.05, 3.63) is 16.5 Å². The molecule has 0 bridgehead atoms. The highest BCUT2D eigenvalue weighted by molar-refractivity contribution is 9.10. The SMILES string of the molecule is COCC(CNC(=O)c1cc(S(N)(=O)=O)c(Br)o1)OC. The molecule has 0 aliphatic carbocycles. The molecule has 3 N–H and O–H groups in total. The Balaban J connectivity index is 2.74. The monoisotopic (exact) mass is 370 g/mol. The molecule has 0 saturated heterocycles. The Morgan fingerprint density at radius 3 is 2.65 bits per heavy atom. The molecule has 10 heteroatoms. The minimum absolute atomic E-state index is 0.120. The van der Waals surface area contributed by atoms with Gasteiger partial charge in [0, 0.05) is 26.8 Å². The average molecular weight is 371 g/mol. The van der Waals surface area contributed by atoms with Gasteiger partial charge in [-0.2, -0.15) is 0 Å². The molecule has 1 aromatic rings. The summed E-state index contributed by atoms with van der Waals surface area (Å²) in [6, 6.07) is 1.05. The van der Waals surface area contributed by atoms with Crippen molar-refractivity contribution in [2.75, 3.05) is 27.4 Å². The number of hydrogen-bond acceptors (Lipinski definition) is 6. The van der Waals surface area contributed by atoms with Crippen LogP contribution in [0.25, 0.3) is 0 Å². The molecule has 1 amide bonds. The van der Waals surface area contributed by atoms with E-state index in [0.717, 1.165) is 6.07 Å². The van der Waals surface area contributed by atoms with Crippen LogP contribution < -0.4 is 10.5 Å². The van der Waals surface area contributed by atoms with Gasteiger partial charge in [-0.1, -0.05) is 0 Å². The molecule has 1 atom stereocenters. The van der Waals surface area contributed by atoms with E-state index in [1.54, 1.807) is 0 Å². The number of halogens is 1. The van der Waals surface area contributed by atoms with Crippen LogP contribution in [0.15, 0.2) is 20.0 Å². The summed E-state index contributed by atoms with van der Waals surface area (Å²) in [5.74, 6) is -0.757. The van der Waals surface area contributed by atoms with Gasteiger partial charge in [0.05, 0.1) is 12.7 Å². The minimum Gasteiger partial charge on any atom is -0.443 e. The van der Waals surface area contributed by atoms with Gasteiger partial charge >= 0.3 is 0 Å². The number of nitrogens with two attached hydrogens (primary N) is 1. The van der Waals surface area contributed by atoms with Gasteiger partial charge in [0.1, 0.15) is 4.90 Å². The Labute approximate surface area is 124 Å². The first-order chi connectivity index (χ1) is 9.29. The molecule has 0 radical (unpaired) electrons. The van der Waals surface area contributed by atoms with Gasteiger partial charge in [-0.15, -0.1) is 0 Å². The van der Waals surface area contributed by atoms with Crippen LogP contribution in [-0.2, 0) is 19.5 Å². The Kier molecular flexibility index (Phi) is 6.14. The fourth-order valence-corrected chi connectivity index (χ4v) is 2.85. The van der Waals surface area contributed by atoms with E-state index >= 15 is 0 Å². The maximum absolute atomic E-state index is 11.8. The molecule has 0 spiro atoms. The lowest BCUT2D eigenvalue weighted by atomic mass is 10.3. The van der Waals surface area contributed by atoms with Crippen molar-refractivity contribution in [3.63, 3.8) is 0 Å². The van der Waals surface area contributed by atoms with Crippen LogP contribution >= 0.6 is 15.9 Å². The van der Waals surface area contributed by atoms with Crippen LogP contribution in [-0.4, -0.2) is 47.8 Å². The zero-order valence-electron chi connectivity index (χ0n) is 10.9. The molecule has 0 fully saturated rings. The van der Waals surface area contributed by atoms with Crippen molar-refractivity contribution in [3.8, 4) is 0 Å². The molecular weight excluding hydrogens is 356 g/mol. The summed E-state index contributed by atoms with van der Waals surface area (Å²) in [4.78, 5) is 11.5. The number of ether oxygens (including phenoxy) is 2. The van der Waals surface area contributed by atoms with Crippen molar-refractivity contribution >= 4 is 31.9 Å². The van der Waals surface area contributed by atoms with Gasteiger partial charge < -0.3 is 19.2 Å². The Bertz CT molecular complexity index is 570. The number of carbonyl (C=O) groups is 1. The number of methoxy groups -OCH3 is 2. The minimum atomic E-state index is -3.96. The first-order valence-electron chi connectivity index (χ1n) is 5.41. The zero-order valence-corrected chi connectivity index (χ0v) is 13.3. The van der Waals surface area contributed by atoms with Crippen LogP contribution in [0.5, 0.6) is 0 Å². The molecule has 0 saturated carbocycles. The van der Waals surface area contributed by atoms with Crippen molar-refractivity contribution in [1.29, 1.82) is 0 Å². The van der Waals surface area contributed by atoms with E-state index < -0.39 is 15.9 Å². The largest absolute Gasteiger partial charge is 0.443 e. The van der Waals surface area contributed by atoms with E-state index in [4.69, 9.17) is 19.0 Å². The molecule has 114 valence electrons. The fourth-order valence-electron chi connectivity index (χ4n) is 1.35. The number of furan rings is 1. The lowest BCUT2D eigenvalue weighted by Crippen LogP contribution is -2.35. The summed E-state index contributed by atoms with van der Waals surface area (Å²) in [6.45, 7) is 0.493. The lowest BCUT2D eigenvalue weighted by Gasteiger charge is -2.14. The van der Waals surface area contributed by atoms with Crippen LogP contribution in [0.3, 0.4) is 0 Å². The number of primary sulfonamides is 1. The van der Waals surface area contributed by atoms with Gasteiger partial charge in [0.25, 0.3) is 5.91 Å².